The minimum absolute atomic E-state index is 0.178. The zero-order chi connectivity index (χ0) is 16.8. The Morgan fingerprint density at radius 1 is 1.36 bits per heavy atom. The SMILES string of the molecule is CCON(c1ccccc1)C(C(=O)OP(=O)(O)Cl)C(C)CC. The molecule has 0 spiro atoms. The van der Waals surface area contributed by atoms with Gasteiger partial charge in [-0.2, -0.15) is 0 Å². The summed E-state index contributed by atoms with van der Waals surface area (Å²) < 4.78 is 15.7. The zero-order valence-electron chi connectivity index (χ0n) is 12.8. The third-order valence-corrected chi connectivity index (χ3v) is 3.77. The second-order valence-corrected chi connectivity index (χ2v) is 7.14. The van der Waals surface area contributed by atoms with Gasteiger partial charge in [0, 0.05) is 11.2 Å². The smallest absolute Gasteiger partial charge is 0.379 e. The van der Waals surface area contributed by atoms with E-state index in [1.807, 2.05) is 19.9 Å². The van der Waals surface area contributed by atoms with E-state index in [4.69, 9.17) is 21.0 Å². The van der Waals surface area contributed by atoms with Crippen LogP contribution in [-0.4, -0.2) is 23.5 Å². The highest BCUT2D eigenvalue weighted by molar-refractivity contribution is 7.80. The molecule has 0 aromatic heterocycles. The summed E-state index contributed by atoms with van der Waals surface area (Å²) in [5.41, 5.74) is 0.647. The Bertz CT molecular complexity index is 521. The van der Waals surface area contributed by atoms with Crippen LogP contribution in [0.5, 0.6) is 0 Å². The standard InChI is InChI=1S/C14H21ClNO5P/c1-4-11(3)13(14(17)21-22(15,18)19)16(20-5-2)12-9-7-6-8-10-12/h6-11,13H,4-5H2,1-3H3,(H,18,19). The Hall–Kier alpha value is -1.07. The van der Waals surface area contributed by atoms with Gasteiger partial charge in [-0.3, -0.25) is 4.84 Å². The molecule has 124 valence electrons. The number of hydrogen-bond acceptors (Lipinski definition) is 5. The van der Waals surface area contributed by atoms with Crippen molar-refractivity contribution in [3.63, 3.8) is 0 Å². The first kappa shape index (κ1) is 19.0. The minimum atomic E-state index is -4.44. The molecule has 0 heterocycles. The molecule has 6 nitrogen and oxygen atoms in total. The Balaban J connectivity index is 3.15. The second kappa shape index (κ2) is 8.53. The van der Waals surface area contributed by atoms with E-state index < -0.39 is 19.0 Å². The highest BCUT2D eigenvalue weighted by Crippen LogP contribution is 2.48. The number of carbonyl (C=O) groups excluding carboxylic acids is 1. The molecule has 0 amide bonds. The monoisotopic (exact) mass is 349 g/mol. The molecular weight excluding hydrogens is 329 g/mol. The van der Waals surface area contributed by atoms with Crippen LogP contribution in [0.4, 0.5) is 5.69 Å². The molecule has 0 fully saturated rings. The van der Waals surface area contributed by atoms with Crippen LogP contribution in [0.3, 0.4) is 0 Å². The van der Waals surface area contributed by atoms with Gasteiger partial charge in [-0.15, -0.1) is 0 Å². The number of rotatable bonds is 8. The summed E-state index contributed by atoms with van der Waals surface area (Å²) in [7, 11) is 0. The maximum absolute atomic E-state index is 12.3. The molecule has 3 atom stereocenters. The highest BCUT2D eigenvalue weighted by Gasteiger charge is 2.36. The largest absolute Gasteiger partial charge is 0.476 e. The molecule has 0 bridgehead atoms. The summed E-state index contributed by atoms with van der Waals surface area (Å²) in [6.45, 7) is 1.41. The van der Waals surface area contributed by atoms with E-state index in [0.717, 1.165) is 0 Å². The summed E-state index contributed by atoms with van der Waals surface area (Å²) in [6.07, 6.45) is 0.647. The van der Waals surface area contributed by atoms with Gasteiger partial charge < -0.3 is 9.42 Å². The summed E-state index contributed by atoms with van der Waals surface area (Å²) >= 11 is 5.16. The van der Waals surface area contributed by atoms with Crippen molar-refractivity contribution in [2.45, 2.75) is 33.2 Å². The maximum atomic E-state index is 12.3. The van der Waals surface area contributed by atoms with Crippen molar-refractivity contribution < 1.29 is 23.6 Å². The number of anilines is 1. The lowest BCUT2D eigenvalue weighted by atomic mass is 9.98. The van der Waals surface area contributed by atoms with Crippen LogP contribution in [-0.2, 0) is 18.7 Å². The van der Waals surface area contributed by atoms with E-state index in [9.17, 15) is 9.36 Å². The topological polar surface area (TPSA) is 76.1 Å². The van der Waals surface area contributed by atoms with Gasteiger partial charge in [-0.05, 0) is 25.0 Å². The van der Waals surface area contributed by atoms with Crippen LogP contribution >= 0.6 is 18.2 Å². The van der Waals surface area contributed by atoms with E-state index in [1.54, 1.807) is 31.2 Å². The van der Waals surface area contributed by atoms with E-state index in [0.29, 0.717) is 18.7 Å². The molecule has 8 heteroatoms. The van der Waals surface area contributed by atoms with Crippen LogP contribution in [0, 0.1) is 5.92 Å². The first-order valence-electron chi connectivity index (χ1n) is 7.03. The molecule has 0 aliphatic rings. The van der Waals surface area contributed by atoms with Gasteiger partial charge >= 0.3 is 12.9 Å². The predicted molar refractivity (Wildman–Crippen MR) is 85.6 cm³/mol. The first-order chi connectivity index (χ1) is 10.3. The van der Waals surface area contributed by atoms with E-state index in [2.05, 4.69) is 4.52 Å². The van der Waals surface area contributed by atoms with E-state index in [-0.39, 0.29) is 5.92 Å². The van der Waals surface area contributed by atoms with Crippen molar-refractivity contribution in [1.82, 2.24) is 0 Å². The van der Waals surface area contributed by atoms with Crippen LogP contribution in [0.25, 0.3) is 0 Å². The van der Waals surface area contributed by atoms with Crippen molar-refractivity contribution in [1.29, 1.82) is 0 Å². The maximum Gasteiger partial charge on any atom is 0.476 e. The summed E-state index contributed by atoms with van der Waals surface area (Å²) in [5.74, 6) is -1.07. The van der Waals surface area contributed by atoms with Crippen molar-refractivity contribution >= 4 is 29.8 Å². The molecule has 3 unspecified atom stereocenters. The van der Waals surface area contributed by atoms with Crippen molar-refractivity contribution in [2.75, 3.05) is 11.7 Å². The van der Waals surface area contributed by atoms with Gasteiger partial charge in [0.1, 0.15) is 0 Å². The molecule has 1 N–H and O–H groups in total. The minimum Gasteiger partial charge on any atom is -0.379 e. The molecule has 0 radical (unpaired) electrons. The Morgan fingerprint density at radius 3 is 2.41 bits per heavy atom. The molecule has 0 saturated carbocycles. The molecule has 1 aromatic rings. The average molecular weight is 350 g/mol. The van der Waals surface area contributed by atoms with Gasteiger partial charge in [-0.25, -0.2) is 14.4 Å². The lowest BCUT2D eigenvalue weighted by molar-refractivity contribution is -0.139. The van der Waals surface area contributed by atoms with Gasteiger partial charge in [-0.1, -0.05) is 38.5 Å². The number of para-hydroxylation sites is 1. The number of carbonyl (C=O) groups is 1. The molecule has 1 rings (SSSR count). The summed E-state index contributed by atoms with van der Waals surface area (Å²) in [5, 5.41) is 1.41. The zero-order valence-corrected chi connectivity index (χ0v) is 14.5. The fraction of sp³-hybridized carbons (Fsp3) is 0.500. The number of benzene rings is 1. The Labute approximate surface area is 135 Å². The highest BCUT2D eigenvalue weighted by atomic mass is 35.7. The van der Waals surface area contributed by atoms with Crippen LogP contribution < -0.4 is 5.06 Å². The average Bonchev–Trinajstić information content (AvgIpc) is 2.45. The van der Waals surface area contributed by atoms with Crippen molar-refractivity contribution in [3.05, 3.63) is 30.3 Å². The molecule has 22 heavy (non-hydrogen) atoms. The van der Waals surface area contributed by atoms with Crippen LogP contribution in [0.1, 0.15) is 27.2 Å². The Kier molecular flexibility index (Phi) is 7.36. The quantitative estimate of drug-likeness (QED) is 0.569. The van der Waals surface area contributed by atoms with Crippen molar-refractivity contribution in [2.24, 2.45) is 5.92 Å². The number of hydroxylamine groups is 1. The van der Waals surface area contributed by atoms with Gasteiger partial charge in [0.25, 0.3) is 0 Å². The van der Waals surface area contributed by atoms with Gasteiger partial charge in [0.2, 0.25) is 0 Å². The fourth-order valence-electron chi connectivity index (χ4n) is 1.98. The van der Waals surface area contributed by atoms with E-state index >= 15 is 0 Å². The summed E-state index contributed by atoms with van der Waals surface area (Å²) in [6, 6.07) is 8.11. The molecule has 0 saturated heterocycles. The molecule has 1 aromatic carbocycles. The molecule has 0 aliphatic heterocycles. The predicted octanol–water partition coefficient (Wildman–Crippen LogP) is 3.74. The summed E-state index contributed by atoms with van der Waals surface area (Å²) in [4.78, 5) is 26.9. The van der Waals surface area contributed by atoms with Crippen molar-refractivity contribution in [3.8, 4) is 0 Å². The van der Waals surface area contributed by atoms with Crippen LogP contribution in [0.15, 0.2) is 30.3 Å². The lowest BCUT2D eigenvalue weighted by Crippen LogP contribution is -2.46. The third-order valence-electron chi connectivity index (χ3n) is 3.16. The Morgan fingerprint density at radius 2 is 1.95 bits per heavy atom. The van der Waals surface area contributed by atoms with Gasteiger partial charge in [0.15, 0.2) is 6.04 Å². The molecule has 0 aliphatic carbocycles. The number of halogens is 1. The first-order valence-corrected chi connectivity index (χ1v) is 9.51. The van der Waals surface area contributed by atoms with Crippen LogP contribution in [0.2, 0.25) is 0 Å². The number of nitrogens with zero attached hydrogens (tertiary/aromatic N) is 1. The lowest BCUT2D eigenvalue weighted by Gasteiger charge is -2.33. The second-order valence-electron chi connectivity index (χ2n) is 4.77. The van der Waals surface area contributed by atoms with E-state index in [1.165, 1.54) is 5.06 Å². The normalized spacial score (nSPS) is 16.4. The third kappa shape index (κ3) is 5.61. The number of hydrogen-bond donors (Lipinski definition) is 1. The fourth-order valence-corrected chi connectivity index (χ4v) is 2.51. The van der Waals surface area contributed by atoms with Gasteiger partial charge in [0.05, 0.1) is 12.3 Å². The molecular formula is C14H21ClNO5P.